The molecule has 1 rings (SSSR count). The van der Waals surface area contributed by atoms with Gasteiger partial charge in [-0.25, -0.2) is 4.79 Å². The second-order valence-electron chi connectivity index (χ2n) is 3.08. The fourth-order valence-corrected chi connectivity index (χ4v) is 1.22. The molecule has 2 atom stereocenters. The summed E-state index contributed by atoms with van der Waals surface area (Å²) in [5.41, 5.74) is 1.18. The van der Waals surface area contributed by atoms with Gasteiger partial charge in [0.15, 0.2) is 6.10 Å². The highest BCUT2D eigenvalue weighted by molar-refractivity contribution is 5.73. The Morgan fingerprint density at radius 1 is 1.29 bits per heavy atom. The monoisotopic (exact) mass is 196 g/mol. The van der Waals surface area contributed by atoms with Crippen LogP contribution in [0.1, 0.15) is 17.2 Å². The van der Waals surface area contributed by atoms with Crippen LogP contribution in [0.15, 0.2) is 24.3 Å². The Hall–Kier alpha value is -1.39. The quantitative estimate of drug-likeness (QED) is 0.656. The van der Waals surface area contributed by atoms with Crippen molar-refractivity contribution < 1.29 is 20.1 Å². The molecule has 1 aromatic rings. The molecule has 4 heteroatoms. The molecular formula is C10H12O4. The van der Waals surface area contributed by atoms with E-state index < -0.39 is 18.2 Å². The molecule has 0 saturated carbocycles. The molecule has 0 aliphatic carbocycles. The Morgan fingerprint density at radius 2 is 1.86 bits per heavy atom. The topological polar surface area (TPSA) is 77.8 Å². The molecule has 0 heterocycles. The van der Waals surface area contributed by atoms with Gasteiger partial charge in [-0.3, -0.25) is 0 Å². The van der Waals surface area contributed by atoms with Crippen LogP contribution in [0.25, 0.3) is 0 Å². The number of carboxylic acids is 1. The minimum Gasteiger partial charge on any atom is -0.479 e. The fraction of sp³-hybridized carbons (Fsp3) is 0.300. The van der Waals surface area contributed by atoms with Crippen LogP contribution in [0, 0.1) is 6.92 Å². The normalized spacial score (nSPS) is 14.8. The minimum atomic E-state index is -1.78. The summed E-state index contributed by atoms with van der Waals surface area (Å²) >= 11 is 0. The zero-order chi connectivity index (χ0) is 10.7. The molecule has 2 unspecified atom stereocenters. The van der Waals surface area contributed by atoms with E-state index in [2.05, 4.69) is 0 Å². The zero-order valence-corrected chi connectivity index (χ0v) is 7.71. The average molecular weight is 196 g/mol. The van der Waals surface area contributed by atoms with Crippen LogP contribution < -0.4 is 0 Å². The van der Waals surface area contributed by atoms with Crippen LogP contribution in [-0.2, 0) is 4.79 Å². The van der Waals surface area contributed by atoms with E-state index in [-0.39, 0.29) is 0 Å². The predicted octanol–water partition coefficient (Wildman–Crippen LogP) is 0.474. The molecule has 0 radical (unpaired) electrons. The Morgan fingerprint density at radius 3 is 2.36 bits per heavy atom. The van der Waals surface area contributed by atoms with Crippen LogP contribution in [0.4, 0.5) is 0 Å². The van der Waals surface area contributed by atoms with Crippen molar-refractivity contribution in [2.45, 2.75) is 19.1 Å². The van der Waals surface area contributed by atoms with E-state index in [0.29, 0.717) is 5.56 Å². The first-order chi connectivity index (χ1) is 6.54. The van der Waals surface area contributed by atoms with E-state index >= 15 is 0 Å². The Balaban J connectivity index is 2.94. The van der Waals surface area contributed by atoms with E-state index in [1.165, 1.54) is 0 Å². The number of hydrogen-bond acceptors (Lipinski definition) is 3. The predicted molar refractivity (Wildman–Crippen MR) is 49.8 cm³/mol. The number of aliphatic hydroxyl groups excluding tert-OH is 2. The lowest BCUT2D eigenvalue weighted by Gasteiger charge is -2.16. The summed E-state index contributed by atoms with van der Waals surface area (Å²) in [6, 6.07) is 6.79. The van der Waals surface area contributed by atoms with Crippen LogP contribution in [-0.4, -0.2) is 27.4 Å². The SMILES string of the molecule is Cc1ccccc1C(O)C(O)C(=O)O. The van der Waals surface area contributed by atoms with E-state index in [4.69, 9.17) is 10.2 Å². The lowest BCUT2D eigenvalue weighted by atomic mass is 10.00. The summed E-state index contributed by atoms with van der Waals surface area (Å²) in [5.74, 6) is -1.43. The summed E-state index contributed by atoms with van der Waals surface area (Å²) in [5, 5.41) is 27.1. The van der Waals surface area contributed by atoms with Gasteiger partial charge in [0, 0.05) is 0 Å². The van der Waals surface area contributed by atoms with E-state index in [0.717, 1.165) is 5.56 Å². The van der Waals surface area contributed by atoms with Crippen molar-refractivity contribution in [3.05, 3.63) is 35.4 Å². The average Bonchev–Trinajstić information content (AvgIpc) is 2.16. The van der Waals surface area contributed by atoms with Crippen LogP contribution >= 0.6 is 0 Å². The van der Waals surface area contributed by atoms with Gasteiger partial charge in [0.05, 0.1) is 0 Å². The number of benzene rings is 1. The van der Waals surface area contributed by atoms with Gasteiger partial charge in [0.2, 0.25) is 0 Å². The van der Waals surface area contributed by atoms with Crippen LogP contribution in [0.2, 0.25) is 0 Å². The van der Waals surface area contributed by atoms with Crippen LogP contribution in [0.5, 0.6) is 0 Å². The minimum absolute atomic E-state index is 0.433. The lowest BCUT2D eigenvalue weighted by Crippen LogP contribution is -2.27. The van der Waals surface area contributed by atoms with Crippen molar-refractivity contribution in [1.29, 1.82) is 0 Å². The number of aliphatic hydroxyl groups is 2. The third-order valence-electron chi connectivity index (χ3n) is 2.06. The van der Waals surface area contributed by atoms with Crippen molar-refractivity contribution in [2.24, 2.45) is 0 Å². The van der Waals surface area contributed by atoms with E-state index in [9.17, 15) is 9.90 Å². The third-order valence-corrected chi connectivity index (χ3v) is 2.06. The van der Waals surface area contributed by atoms with Gasteiger partial charge in [-0.1, -0.05) is 24.3 Å². The molecule has 0 aliphatic heterocycles. The van der Waals surface area contributed by atoms with Gasteiger partial charge in [-0.2, -0.15) is 0 Å². The number of hydrogen-bond donors (Lipinski definition) is 3. The number of carbonyl (C=O) groups is 1. The molecule has 0 bridgehead atoms. The summed E-state index contributed by atoms with van der Waals surface area (Å²) in [6.07, 6.45) is -3.16. The largest absolute Gasteiger partial charge is 0.479 e. The zero-order valence-electron chi connectivity index (χ0n) is 7.71. The van der Waals surface area contributed by atoms with Crippen molar-refractivity contribution >= 4 is 5.97 Å². The van der Waals surface area contributed by atoms with E-state index in [1.54, 1.807) is 31.2 Å². The highest BCUT2D eigenvalue weighted by atomic mass is 16.4. The molecule has 3 N–H and O–H groups in total. The van der Waals surface area contributed by atoms with Crippen molar-refractivity contribution in [2.75, 3.05) is 0 Å². The highest BCUT2D eigenvalue weighted by Gasteiger charge is 2.25. The Labute approximate surface area is 81.4 Å². The molecule has 0 fully saturated rings. The maximum Gasteiger partial charge on any atom is 0.335 e. The molecule has 0 spiro atoms. The maximum absolute atomic E-state index is 10.4. The number of carboxylic acid groups (broad SMARTS) is 1. The summed E-state index contributed by atoms with van der Waals surface area (Å²) < 4.78 is 0. The second kappa shape index (κ2) is 4.21. The first-order valence-electron chi connectivity index (χ1n) is 4.18. The van der Waals surface area contributed by atoms with Crippen molar-refractivity contribution in [3.8, 4) is 0 Å². The molecule has 1 aromatic carbocycles. The van der Waals surface area contributed by atoms with E-state index in [1.807, 2.05) is 0 Å². The van der Waals surface area contributed by atoms with Gasteiger partial charge in [-0.05, 0) is 18.1 Å². The summed E-state index contributed by atoms with van der Waals surface area (Å²) in [6.45, 7) is 1.74. The smallest absolute Gasteiger partial charge is 0.335 e. The molecular weight excluding hydrogens is 184 g/mol. The van der Waals surface area contributed by atoms with Gasteiger partial charge < -0.3 is 15.3 Å². The molecule has 0 aromatic heterocycles. The Bertz CT molecular complexity index is 335. The molecule has 0 saturated heterocycles. The number of aryl methyl sites for hydroxylation is 1. The Kier molecular flexibility index (Phi) is 3.22. The second-order valence-corrected chi connectivity index (χ2v) is 3.08. The lowest BCUT2D eigenvalue weighted by molar-refractivity contribution is -0.153. The van der Waals surface area contributed by atoms with Crippen LogP contribution in [0.3, 0.4) is 0 Å². The first kappa shape index (κ1) is 10.7. The fourth-order valence-electron chi connectivity index (χ4n) is 1.22. The van der Waals surface area contributed by atoms with Crippen molar-refractivity contribution in [1.82, 2.24) is 0 Å². The molecule has 14 heavy (non-hydrogen) atoms. The van der Waals surface area contributed by atoms with Gasteiger partial charge in [0.25, 0.3) is 0 Å². The maximum atomic E-state index is 10.4. The van der Waals surface area contributed by atoms with Crippen molar-refractivity contribution in [3.63, 3.8) is 0 Å². The summed E-state index contributed by atoms with van der Waals surface area (Å²) in [7, 11) is 0. The highest BCUT2D eigenvalue weighted by Crippen LogP contribution is 2.20. The van der Waals surface area contributed by atoms with Gasteiger partial charge >= 0.3 is 5.97 Å². The molecule has 0 amide bonds. The number of aliphatic carboxylic acids is 1. The molecule has 4 nitrogen and oxygen atoms in total. The molecule has 0 aliphatic rings. The third kappa shape index (κ3) is 2.10. The number of rotatable bonds is 3. The van der Waals surface area contributed by atoms with Gasteiger partial charge in [-0.15, -0.1) is 0 Å². The standard InChI is InChI=1S/C10H12O4/c1-6-4-2-3-5-7(6)8(11)9(12)10(13)14/h2-5,8-9,11-12H,1H3,(H,13,14). The van der Waals surface area contributed by atoms with Gasteiger partial charge in [0.1, 0.15) is 6.10 Å². The molecule has 76 valence electrons. The first-order valence-corrected chi connectivity index (χ1v) is 4.18. The summed E-state index contributed by atoms with van der Waals surface area (Å²) in [4.78, 5) is 10.4.